The average Bonchev–Trinajstić information content (AvgIpc) is 2.54. The molecular formula is C18H18N2O2. The first-order valence-electron chi connectivity index (χ1n) is 7.35. The first kappa shape index (κ1) is 14.4. The number of nitrogens with zero attached hydrogens (tertiary/aromatic N) is 2. The van der Waals surface area contributed by atoms with Crippen LogP contribution in [0.5, 0.6) is 11.5 Å². The van der Waals surface area contributed by atoms with Gasteiger partial charge in [-0.1, -0.05) is 13.0 Å². The molecule has 0 fully saturated rings. The van der Waals surface area contributed by atoms with E-state index >= 15 is 0 Å². The van der Waals surface area contributed by atoms with Crippen LogP contribution in [-0.4, -0.2) is 17.2 Å². The van der Waals surface area contributed by atoms with Gasteiger partial charge in [-0.15, -0.1) is 0 Å². The second kappa shape index (κ2) is 5.34. The Morgan fingerprint density at radius 1 is 1.36 bits per heavy atom. The van der Waals surface area contributed by atoms with E-state index in [-0.39, 0.29) is 11.2 Å². The molecule has 4 heteroatoms. The molecule has 3 rings (SSSR count). The highest BCUT2D eigenvalue weighted by atomic mass is 16.5. The van der Waals surface area contributed by atoms with Crippen LogP contribution < -0.4 is 4.74 Å². The fourth-order valence-electron chi connectivity index (χ4n) is 3.24. The number of aromatic hydroxyl groups is 1. The lowest BCUT2D eigenvalue weighted by atomic mass is 9.74. The van der Waals surface area contributed by atoms with Crippen LogP contribution in [0.25, 0.3) is 10.8 Å². The van der Waals surface area contributed by atoms with Gasteiger partial charge in [-0.3, -0.25) is 4.98 Å². The van der Waals surface area contributed by atoms with Gasteiger partial charge < -0.3 is 9.84 Å². The van der Waals surface area contributed by atoms with Crippen molar-refractivity contribution in [2.75, 3.05) is 7.11 Å². The van der Waals surface area contributed by atoms with Gasteiger partial charge in [-0.2, -0.15) is 5.26 Å². The third-order valence-electron chi connectivity index (χ3n) is 4.39. The van der Waals surface area contributed by atoms with E-state index in [1.807, 2.05) is 24.3 Å². The van der Waals surface area contributed by atoms with E-state index in [4.69, 9.17) is 4.74 Å². The van der Waals surface area contributed by atoms with Gasteiger partial charge in [0.05, 0.1) is 25.1 Å². The number of rotatable bonds is 2. The second-order valence-electron chi connectivity index (χ2n) is 5.96. The smallest absolute Gasteiger partial charge is 0.141 e. The van der Waals surface area contributed by atoms with Gasteiger partial charge in [0.2, 0.25) is 0 Å². The van der Waals surface area contributed by atoms with E-state index in [9.17, 15) is 10.4 Å². The summed E-state index contributed by atoms with van der Waals surface area (Å²) in [5.41, 5.74) is 1.42. The Kier molecular flexibility index (Phi) is 3.50. The first-order valence-corrected chi connectivity index (χ1v) is 7.35. The number of hydrogen-bond donors (Lipinski definition) is 1. The number of methoxy groups -OCH3 is 1. The SMILES string of the molecule is COc1ccc2c(C3(C)C=C(C#N)CCC3)ncc(O)c2c1. The highest BCUT2D eigenvalue weighted by molar-refractivity contribution is 5.91. The van der Waals surface area contributed by atoms with E-state index < -0.39 is 0 Å². The van der Waals surface area contributed by atoms with Gasteiger partial charge in [0.25, 0.3) is 0 Å². The van der Waals surface area contributed by atoms with Crippen LogP contribution in [0.1, 0.15) is 31.9 Å². The summed E-state index contributed by atoms with van der Waals surface area (Å²) < 4.78 is 5.24. The Morgan fingerprint density at radius 2 is 2.18 bits per heavy atom. The molecule has 1 aliphatic carbocycles. The molecule has 1 aromatic carbocycles. The predicted molar refractivity (Wildman–Crippen MR) is 84.9 cm³/mol. The Balaban J connectivity index is 2.24. The fourth-order valence-corrected chi connectivity index (χ4v) is 3.24. The summed E-state index contributed by atoms with van der Waals surface area (Å²) in [5.74, 6) is 0.837. The van der Waals surface area contributed by atoms with Crippen molar-refractivity contribution in [1.29, 1.82) is 5.26 Å². The van der Waals surface area contributed by atoms with Gasteiger partial charge in [0, 0.05) is 21.8 Å². The number of benzene rings is 1. The minimum Gasteiger partial charge on any atom is -0.506 e. The van der Waals surface area contributed by atoms with Crippen molar-refractivity contribution >= 4 is 10.8 Å². The third kappa shape index (κ3) is 2.29. The summed E-state index contributed by atoms with van der Waals surface area (Å²) in [6, 6.07) is 7.88. The minimum absolute atomic E-state index is 0.140. The van der Waals surface area contributed by atoms with Crippen LogP contribution >= 0.6 is 0 Å². The van der Waals surface area contributed by atoms with Crippen molar-refractivity contribution in [1.82, 2.24) is 4.98 Å². The van der Waals surface area contributed by atoms with Crippen molar-refractivity contribution < 1.29 is 9.84 Å². The van der Waals surface area contributed by atoms with E-state index in [0.717, 1.165) is 41.3 Å². The maximum absolute atomic E-state index is 10.1. The fraction of sp³-hybridized carbons (Fsp3) is 0.333. The van der Waals surface area contributed by atoms with Crippen LogP contribution in [0.2, 0.25) is 0 Å². The van der Waals surface area contributed by atoms with Crippen LogP contribution in [-0.2, 0) is 5.41 Å². The van der Waals surface area contributed by atoms with Crippen molar-refractivity contribution in [3.05, 3.63) is 41.7 Å². The highest BCUT2D eigenvalue weighted by Crippen LogP contribution is 2.41. The molecule has 0 spiro atoms. The summed E-state index contributed by atoms with van der Waals surface area (Å²) in [4.78, 5) is 4.48. The zero-order chi connectivity index (χ0) is 15.7. The number of aromatic nitrogens is 1. The van der Waals surface area contributed by atoms with E-state index in [2.05, 4.69) is 18.0 Å². The van der Waals surface area contributed by atoms with Crippen LogP contribution in [0.15, 0.2) is 36.0 Å². The maximum atomic E-state index is 10.1. The Morgan fingerprint density at radius 3 is 2.91 bits per heavy atom. The van der Waals surface area contributed by atoms with Crippen LogP contribution in [0, 0.1) is 11.3 Å². The number of fused-ring (bicyclic) bond motifs is 1. The number of allylic oxidation sites excluding steroid dienone is 2. The summed E-state index contributed by atoms with van der Waals surface area (Å²) in [6.07, 6.45) is 6.25. The molecule has 1 atom stereocenters. The zero-order valence-electron chi connectivity index (χ0n) is 12.8. The third-order valence-corrected chi connectivity index (χ3v) is 4.39. The molecule has 0 bridgehead atoms. The lowest BCUT2D eigenvalue weighted by Gasteiger charge is -2.30. The highest BCUT2D eigenvalue weighted by Gasteiger charge is 2.31. The number of nitriles is 1. The van der Waals surface area contributed by atoms with Gasteiger partial charge in [0.15, 0.2) is 0 Å². The van der Waals surface area contributed by atoms with Crippen LogP contribution in [0.3, 0.4) is 0 Å². The van der Waals surface area contributed by atoms with Crippen molar-refractivity contribution in [2.45, 2.75) is 31.6 Å². The van der Waals surface area contributed by atoms with Gasteiger partial charge >= 0.3 is 0 Å². The molecular weight excluding hydrogens is 276 g/mol. The van der Waals surface area contributed by atoms with Gasteiger partial charge in [-0.05, 0) is 37.5 Å². The van der Waals surface area contributed by atoms with Crippen molar-refractivity contribution in [3.8, 4) is 17.6 Å². The topological polar surface area (TPSA) is 66.1 Å². The number of hydrogen-bond acceptors (Lipinski definition) is 4. The molecule has 1 unspecified atom stereocenters. The Labute approximate surface area is 129 Å². The standard InChI is InChI=1S/C18H18N2O2/c1-18(7-3-4-12(9-18)10-19)17-14-6-5-13(22-2)8-15(14)16(21)11-20-17/h5-6,8-9,11,21H,3-4,7H2,1-2H3. The van der Waals surface area contributed by atoms with Crippen molar-refractivity contribution in [3.63, 3.8) is 0 Å². The molecule has 1 heterocycles. The van der Waals surface area contributed by atoms with Crippen molar-refractivity contribution in [2.24, 2.45) is 0 Å². The Bertz CT molecular complexity index is 805. The first-order chi connectivity index (χ1) is 10.6. The van der Waals surface area contributed by atoms with Gasteiger partial charge in [-0.25, -0.2) is 0 Å². The molecule has 1 aliphatic rings. The summed E-state index contributed by atoms with van der Waals surface area (Å²) in [6.45, 7) is 2.10. The molecule has 4 nitrogen and oxygen atoms in total. The molecule has 0 saturated heterocycles. The van der Waals surface area contributed by atoms with E-state index in [1.165, 1.54) is 6.20 Å². The number of pyridine rings is 1. The lowest BCUT2D eigenvalue weighted by molar-refractivity contribution is 0.415. The normalized spacial score (nSPS) is 21.2. The van der Waals surface area contributed by atoms with Crippen LogP contribution in [0.4, 0.5) is 0 Å². The van der Waals surface area contributed by atoms with Gasteiger partial charge in [0.1, 0.15) is 11.5 Å². The minimum atomic E-state index is -0.288. The largest absolute Gasteiger partial charge is 0.506 e. The number of ether oxygens (including phenoxy) is 1. The molecule has 112 valence electrons. The Hall–Kier alpha value is -2.54. The summed E-state index contributed by atoms with van der Waals surface area (Å²) in [5, 5.41) is 20.9. The molecule has 0 saturated carbocycles. The molecule has 1 N–H and O–H groups in total. The quantitative estimate of drug-likeness (QED) is 0.913. The van der Waals surface area contributed by atoms with E-state index in [1.54, 1.807) is 7.11 Å². The molecule has 1 aromatic heterocycles. The maximum Gasteiger partial charge on any atom is 0.141 e. The molecule has 0 radical (unpaired) electrons. The molecule has 22 heavy (non-hydrogen) atoms. The summed E-state index contributed by atoms with van der Waals surface area (Å²) >= 11 is 0. The zero-order valence-corrected chi connectivity index (χ0v) is 12.8. The van der Waals surface area contributed by atoms with E-state index in [0.29, 0.717) is 5.75 Å². The molecule has 2 aromatic rings. The average molecular weight is 294 g/mol. The molecule has 0 amide bonds. The lowest BCUT2D eigenvalue weighted by Crippen LogP contribution is -2.24. The summed E-state index contributed by atoms with van der Waals surface area (Å²) in [7, 11) is 1.60. The second-order valence-corrected chi connectivity index (χ2v) is 5.96. The monoisotopic (exact) mass is 294 g/mol. The predicted octanol–water partition coefficient (Wildman–Crippen LogP) is 3.84. The molecule has 0 aliphatic heterocycles.